The number of nitrogens with one attached hydrogen (secondary N) is 3. The Morgan fingerprint density at radius 1 is 1.43 bits per heavy atom. The molecule has 6 nitrogen and oxygen atoms in total. The number of aromatic hydroxyl groups is 1. The third-order valence-electron chi connectivity index (χ3n) is 3.35. The van der Waals surface area contributed by atoms with E-state index in [0.29, 0.717) is 6.42 Å². The van der Waals surface area contributed by atoms with Gasteiger partial charge in [-0.1, -0.05) is 0 Å². The standard InChI is InChI=1S/C14H16N4O2S/c1-8-4-5-12(21-8)9-7-10(18-17-9)14(20)16-13-11(19)3-2-6-15-13/h2-6,9-10,17-19H,7H2,1H3,(H,15,16,20). The zero-order chi connectivity index (χ0) is 14.8. The summed E-state index contributed by atoms with van der Waals surface area (Å²) in [5.74, 6) is -0.0748. The van der Waals surface area contributed by atoms with Crippen LogP contribution in [0.25, 0.3) is 0 Å². The smallest absolute Gasteiger partial charge is 0.244 e. The molecule has 2 unspecified atom stereocenters. The van der Waals surface area contributed by atoms with Gasteiger partial charge in [0.05, 0.1) is 6.04 Å². The Morgan fingerprint density at radius 2 is 2.29 bits per heavy atom. The average molecular weight is 304 g/mol. The zero-order valence-corrected chi connectivity index (χ0v) is 12.3. The number of hydrazine groups is 1. The van der Waals surface area contributed by atoms with Gasteiger partial charge in [-0.25, -0.2) is 15.8 Å². The minimum Gasteiger partial charge on any atom is -0.504 e. The third kappa shape index (κ3) is 3.05. The van der Waals surface area contributed by atoms with Crippen molar-refractivity contribution in [3.05, 3.63) is 40.2 Å². The van der Waals surface area contributed by atoms with Crippen molar-refractivity contribution < 1.29 is 9.90 Å². The molecule has 1 fully saturated rings. The van der Waals surface area contributed by atoms with Gasteiger partial charge in [-0.3, -0.25) is 4.79 Å². The second kappa shape index (κ2) is 5.80. The van der Waals surface area contributed by atoms with Crippen molar-refractivity contribution in [2.45, 2.75) is 25.4 Å². The Bertz CT molecular complexity index is 658. The van der Waals surface area contributed by atoms with Gasteiger partial charge in [0.15, 0.2) is 11.6 Å². The number of rotatable bonds is 3. The highest BCUT2D eigenvalue weighted by Gasteiger charge is 2.31. The Kier molecular flexibility index (Phi) is 3.87. The Morgan fingerprint density at radius 3 is 3.00 bits per heavy atom. The molecule has 4 N–H and O–H groups in total. The Hall–Kier alpha value is -1.96. The third-order valence-corrected chi connectivity index (χ3v) is 4.47. The van der Waals surface area contributed by atoms with Crippen LogP contribution >= 0.6 is 11.3 Å². The average Bonchev–Trinajstić information content (AvgIpc) is 3.10. The maximum absolute atomic E-state index is 12.2. The van der Waals surface area contributed by atoms with E-state index in [-0.39, 0.29) is 29.6 Å². The van der Waals surface area contributed by atoms with Gasteiger partial charge in [0.25, 0.3) is 0 Å². The fraction of sp³-hybridized carbons (Fsp3) is 0.286. The number of amides is 1. The first kappa shape index (κ1) is 14.0. The summed E-state index contributed by atoms with van der Waals surface area (Å²) >= 11 is 1.72. The van der Waals surface area contributed by atoms with E-state index in [9.17, 15) is 9.90 Å². The summed E-state index contributed by atoms with van der Waals surface area (Å²) in [5.41, 5.74) is 6.12. The highest BCUT2D eigenvalue weighted by atomic mass is 32.1. The van der Waals surface area contributed by atoms with Crippen molar-refractivity contribution in [2.24, 2.45) is 0 Å². The molecule has 1 aliphatic rings. The number of aromatic nitrogens is 1. The minimum absolute atomic E-state index is 0.0396. The molecule has 1 saturated heterocycles. The molecule has 7 heteroatoms. The Balaban J connectivity index is 1.63. The minimum atomic E-state index is -0.362. The topological polar surface area (TPSA) is 86.3 Å². The van der Waals surface area contributed by atoms with Crippen LogP contribution in [0.5, 0.6) is 5.75 Å². The van der Waals surface area contributed by atoms with Gasteiger partial charge in [0.2, 0.25) is 5.91 Å². The van der Waals surface area contributed by atoms with E-state index < -0.39 is 0 Å². The van der Waals surface area contributed by atoms with Crippen molar-refractivity contribution in [3.63, 3.8) is 0 Å². The first-order chi connectivity index (χ1) is 10.1. The van der Waals surface area contributed by atoms with E-state index in [4.69, 9.17) is 0 Å². The lowest BCUT2D eigenvalue weighted by molar-refractivity contribution is -0.117. The fourth-order valence-corrected chi connectivity index (χ4v) is 3.19. The molecule has 110 valence electrons. The first-order valence-electron chi connectivity index (χ1n) is 6.66. The molecule has 21 heavy (non-hydrogen) atoms. The number of nitrogens with zero attached hydrogens (tertiary/aromatic N) is 1. The van der Waals surface area contributed by atoms with Crippen molar-refractivity contribution in [2.75, 3.05) is 5.32 Å². The highest BCUT2D eigenvalue weighted by molar-refractivity contribution is 7.12. The Labute approximate surface area is 126 Å². The number of anilines is 1. The first-order valence-corrected chi connectivity index (χ1v) is 7.47. The van der Waals surface area contributed by atoms with Gasteiger partial charge in [0.1, 0.15) is 6.04 Å². The van der Waals surface area contributed by atoms with Gasteiger partial charge in [-0.05, 0) is 37.6 Å². The van der Waals surface area contributed by atoms with E-state index in [1.165, 1.54) is 22.0 Å². The number of aryl methyl sites for hydroxylation is 1. The summed E-state index contributed by atoms with van der Waals surface area (Å²) in [7, 11) is 0. The normalized spacial score (nSPS) is 21.4. The van der Waals surface area contributed by atoms with Crippen LogP contribution in [0.15, 0.2) is 30.5 Å². The van der Waals surface area contributed by atoms with Crippen LogP contribution in [0.2, 0.25) is 0 Å². The van der Waals surface area contributed by atoms with Crippen molar-refractivity contribution >= 4 is 23.1 Å². The maximum atomic E-state index is 12.2. The maximum Gasteiger partial charge on any atom is 0.244 e. The van der Waals surface area contributed by atoms with Crippen LogP contribution in [0.1, 0.15) is 22.2 Å². The van der Waals surface area contributed by atoms with Crippen molar-refractivity contribution in [3.8, 4) is 5.75 Å². The number of carbonyl (C=O) groups is 1. The summed E-state index contributed by atoms with van der Waals surface area (Å²) in [5, 5.41) is 12.3. The van der Waals surface area contributed by atoms with E-state index in [0.717, 1.165) is 0 Å². The molecule has 1 amide bonds. The summed E-state index contributed by atoms with van der Waals surface area (Å²) < 4.78 is 0. The molecule has 0 aliphatic carbocycles. The molecule has 1 aliphatic heterocycles. The molecule has 3 heterocycles. The summed E-state index contributed by atoms with van der Waals surface area (Å²) in [4.78, 5) is 18.6. The van der Waals surface area contributed by atoms with Gasteiger partial charge in [0, 0.05) is 16.0 Å². The number of hydrogen-bond acceptors (Lipinski definition) is 6. The van der Waals surface area contributed by atoms with Gasteiger partial charge >= 0.3 is 0 Å². The number of hydrogen-bond donors (Lipinski definition) is 4. The van der Waals surface area contributed by atoms with Crippen LogP contribution in [0.4, 0.5) is 5.82 Å². The van der Waals surface area contributed by atoms with Crippen LogP contribution in [0, 0.1) is 6.92 Å². The number of thiophene rings is 1. The predicted molar refractivity (Wildman–Crippen MR) is 81.0 cm³/mol. The van der Waals surface area contributed by atoms with Crippen LogP contribution < -0.4 is 16.2 Å². The second-order valence-corrected chi connectivity index (χ2v) is 6.26. The largest absolute Gasteiger partial charge is 0.504 e. The summed E-state index contributed by atoms with van der Waals surface area (Å²) in [6.45, 7) is 2.06. The van der Waals surface area contributed by atoms with Gasteiger partial charge in [-0.15, -0.1) is 11.3 Å². The highest BCUT2D eigenvalue weighted by Crippen LogP contribution is 2.29. The van der Waals surface area contributed by atoms with E-state index in [1.54, 1.807) is 17.4 Å². The number of pyridine rings is 1. The molecular weight excluding hydrogens is 288 g/mol. The second-order valence-electron chi connectivity index (χ2n) is 4.94. The van der Waals surface area contributed by atoms with Crippen molar-refractivity contribution in [1.82, 2.24) is 15.8 Å². The summed E-state index contributed by atoms with van der Waals surface area (Å²) in [6, 6.07) is 7.00. The molecule has 0 bridgehead atoms. The monoisotopic (exact) mass is 304 g/mol. The van der Waals surface area contributed by atoms with Crippen LogP contribution in [0.3, 0.4) is 0 Å². The van der Waals surface area contributed by atoms with E-state index in [2.05, 4.69) is 40.2 Å². The lowest BCUT2D eigenvalue weighted by atomic mass is 10.1. The van der Waals surface area contributed by atoms with Crippen LogP contribution in [-0.2, 0) is 4.79 Å². The summed E-state index contributed by atoms with van der Waals surface area (Å²) in [6.07, 6.45) is 2.17. The lowest BCUT2D eigenvalue weighted by Gasteiger charge is -2.10. The molecule has 0 saturated carbocycles. The molecule has 0 aromatic carbocycles. The fourth-order valence-electron chi connectivity index (χ4n) is 2.25. The number of carbonyl (C=O) groups excluding carboxylic acids is 1. The van der Waals surface area contributed by atoms with Crippen LogP contribution in [-0.4, -0.2) is 22.0 Å². The van der Waals surface area contributed by atoms with E-state index >= 15 is 0 Å². The van der Waals surface area contributed by atoms with Crippen molar-refractivity contribution in [1.29, 1.82) is 0 Å². The molecule has 0 radical (unpaired) electrons. The molecule has 2 aromatic heterocycles. The molecule has 2 atom stereocenters. The predicted octanol–water partition coefficient (Wildman–Crippen LogP) is 1.70. The van der Waals surface area contributed by atoms with E-state index in [1.807, 2.05) is 0 Å². The van der Waals surface area contributed by atoms with Gasteiger partial charge in [-0.2, -0.15) is 0 Å². The molecular formula is C14H16N4O2S. The SMILES string of the molecule is Cc1ccc(C2CC(C(=O)Nc3ncccc3O)NN2)s1. The molecule has 3 rings (SSSR count). The zero-order valence-electron chi connectivity index (χ0n) is 11.5. The van der Waals surface area contributed by atoms with Gasteiger partial charge < -0.3 is 10.4 Å². The molecule has 2 aromatic rings. The molecule has 0 spiro atoms. The quantitative estimate of drug-likeness (QED) is 0.693. The lowest BCUT2D eigenvalue weighted by Crippen LogP contribution is -2.39.